The molecule has 102 valence electrons. The third kappa shape index (κ3) is 5.15. The Kier molecular flexibility index (Phi) is 5.14. The largest absolute Gasteiger partial charge is 0.460 e. The number of carbonyl (C=O) groups excluding carboxylic acids is 1. The van der Waals surface area contributed by atoms with Gasteiger partial charge in [-0.25, -0.2) is 0 Å². The molecule has 0 bridgehead atoms. The summed E-state index contributed by atoms with van der Waals surface area (Å²) in [4.78, 5) is 12.0. The Bertz CT molecular complexity index is 501. The van der Waals surface area contributed by atoms with Crippen molar-refractivity contribution in [3.63, 3.8) is 0 Å². The van der Waals surface area contributed by atoms with E-state index in [4.69, 9.17) is 9.84 Å². The molecule has 3 nitrogen and oxygen atoms in total. The standard InChI is InChI=1S/C16H20O3/c1-12(15(18)19-16(2,3)4)14-9-5-7-13(11-14)8-6-10-17/h5,7,9,11-12,17H,10H2,1-4H3. The van der Waals surface area contributed by atoms with E-state index in [9.17, 15) is 4.79 Å². The highest BCUT2D eigenvalue weighted by atomic mass is 16.6. The van der Waals surface area contributed by atoms with Gasteiger partial charge in [0.25, 0.3) is 0 Å². The maximum Gasteiger partial charge on any atom is 0.313 e. The Balaban J connectivity index is 2.88. The van der Waals surface area contributed by atoms with E-state index in [1.165, 1.54) is 0 Å². The SMILES string of the molecule is CC(C(=O)OC(C)(C)C)c1cccc(C#CCO)c1. The highest BCUT2D eigenvalue weighted by molar-refractivity contribution is 5.78. The van der Waals surface area contributed by atoms with E-state index in [1.54, 1.807) is 0 Å². The second-order valence-electron chi connectivity index (χ2n) is 5.34. The molecule has 3 heteroatoms. The number of aliphatic hydroxyl groups excluding tert-OH is 1. The lowest BCUT2D eigenvalue weighted by molar-refractivity contribution is -0.156. The van der Waals surface area contributed by atoms with Crippen molar-refractivity contribution in [1.29, 1.82) is 0 Å². The van der Waals surface area contributed by atoms with Gasteiger partial charge in [-0.05, 0) is 45.4 Å². The summed E-state index contributed by atoms with van der Waals surface area (Å²) in [7, 11) is 0. The molecule has 0 aliphatic rings. The van der Waals surface area contributed by atoms with Gasteiger partial charge in [-0.1, -0.05) is 24.0 Å². The van der Waals surface area contributed by atoms with Gasteiger partial charge in [0.15, 0.2) is 0 Å². The Hall–Kier alpha value is -1.79. The summed E-state index contributed by atoms with van der Waals surface area (Å²) >= 11 is 0. The van der Waals surface area contributed by atoms with Crippen LogP contribution in [0.15, 0.2) is 24.3 Å². The van der Waals surface area contributed by atoms with Crippen LogP contribution in [0.1, 0.15) is 44.7 Å². The number of hydrogen-bond donors (Lipinski definition) is 1. The molecular formula is C16H20O3. The van der Waals surface area contributed by atoms with Crippen molar-refractivity contribution in [3.05, 3.63) is 35.4 Å². The molecule has 0 heterocycles. The molecule has 0 radical (unpaired) electrons. The van der Waals surface area contributed by atoms with Crippen molar-refractivity contribution in [1.82, 2.24) is 0 Å². The molecule has 0 aliphatic heterocycles. The van der Waals surface area contributed by atoms with Gasteiger partial charge in [0.2, 0.25) is 0 Å². The van der Waals surface area contributed by atoms with E-state index >= 15 is 0 Å². The van der Waals surface area contributed by atoms with Crippen molar-refractivity contribution in [2.75, 3.05) is 6.61 Å². The van der Waals surface area contributed by atoms with Crippen molar-refractivity contribution < 1.29 is 14.6 Å². The van der Waals surface area contributed by atoms with Crippen LogP contribution in [0.3, 0.4) is 0 Å². The van der Waals surface area contributed by atoms with Gasteiger partial charge in [0.05, 0.1) is 5.92 Å². The van der Waals surface area contributed by atoms with Crippen molar-refractivity contribution in [2.24, 2.45) is 0 Å². The third-order valence-corrected chi connectivity index (χ3v) is 2.46. The summed E-state index contributed by atoms with van der Waals surface area (Å²) < 4.78 is 5.36. The van der Waals surface area contributed by atoms with Gasteiger partial charge in [-0.2, -0.15) is 0 Å². The fourth-order valence-electron chi connectivity index (χ4n) is 1.55. The molecule has 0 aliphatic carbocycles. The summed E-state index contributed by atoms with van der Waals surface area (Å²) in [5, 5.41) is 8.67. The van der Waals surface area contributed by atoms with Crippen molar-refractivity contribution in [3.8, 4) is 11.8 Å². The van der Waals surface area contributed by atoms with Crippen LogP contribution >= 0.6 is 0 Å². The smallest absolute Gasteiger partial charge is 0.313 e. The summed E-state index contributed by atoms with van der Waals surface area (Å²) in [5.41, 5.74) is 1.15. The van der Waals surface area contributed by atoms with E-state index in [0.29, 0.717) is 0 Å². The second kappa shape index (κ2) is 6.40. The van der Waals surface area contributed by atoms with E-state index in [2.05, 4.69) is 11.8 Å². The molecule has 0 spiro atoms. The highest BCUT2D eigenvalue weighted by Crippen LogP contribution is 2.21. The summed E-state index contributed by atoms with van der Waals surface area (Å²) in [6, 6.07) is 7.40. The second-order valence-corrected chi connectivity index (χ2v) is 5.34. The van der Waals surface area contributed by atoms with Gasteiger partial charge < -0.3 is 9.84 Å². The lowest BCUT2D eigenvalue weighted by Crippen LogP contribution is -2.26. The number of hydrogen-bond acceptors (Lipinski definition) is 3. The average molecular weight is 260 g/mol. The molecule has 1 aromatic rings. The molecule has 1 atom stereocenters. The minimum atomic E-state index is -0.486. The number of rotatable bonds is 2. The number of esters is 1. The molecule has 0 saturated heterocycles. The Labute approximate surface area is 114 Å². The first-order chi connectivity index (χ1) is 8.83. The van der Waals surface area contributed by atoms with Crippen LogP contribution in [0.2, 0.25) is 0 Å². The van der Waals surface area contributed by atoms with Crippen LogP contribution in [0.5, 0.6) is 0 Å². The lowest BCUT2D eigenvalue weighted by Gasteiger charge is -2.22. The molecule has 1 aromatic carbocycles. The molecule has 1 N–H and O–H groups in total. The number of aliphatic hydroxyl groups is 1. The Morgan fingerprint density at radius 2 is 2.11 bits per heavy atom. The zero-order valence-electron chi connectivity index (χ0n) is 11.9. The summed E-state index contributed by atoms with van der Waals surface area (Å²) in [6.07, 6.45) is 0. The minimum Gasteiger partial charge on any atom is -0.460 e. The number of carbonyl (C=O) groups is 1. The molecule has 0 amide bonds. The van der Waals surface area contributed by atoms with Crippen LogP contribution in [0.25, 0.3) is 0 Å². The quantitative estimate of drug-likeness (QED) is 0.656. The molecule has 19 heavy (non-hydrogen) atoms. The predicted molar refractivity (Wildman–Crippen MR) is 74.7 cm³/mol. The maximum atomic E-state index is 12.0. The van der Waals surface area contributed by atoms with Crippen LogP contribution in [0, 0.1) is 11.8 Å². The molecular weight excluding hydrogens is 240 g/mol. The lowest BCUT2D eigenvalue weighted by atomic mass is 9.99. The minimum absolute atomic E-state index is 0.175. The topological polar surface area (TPSA) is 46.5 Å². The van der Waals surface area contributed by atoms with E-state index < -0.39 is 5.60 Å². The monoisotopic (exact) mass is 260 g/mol. The summed E-state index contributed by atoms with van der Waals surface area (Å²) in [5.74, 6) is 4.82. The molecule has 0 aromatic heterocycles. The zero-order valence-corrected chi connectivity index (χ0v) is 11.9. The molecule has 0 saturated carbocycles. The first-order valence-corrected chi connectivity index (χ1v) is 6.26. The molecule has 0 fully saturated rings. The van der Waals surface area contributed by atoms with E-state index in [0.717, 1.165) is 11.1 Å². The summed E-state index contributed by atoms with van der Waals surface area (Å²) in [6.45, 7) is 7.18. The number of benzene rings is 1. The van der Waals surface area contributed by atoms with Crippen LogP contribution in [-0.2, 0) is 9.53 Å². The van der Waals surface area contributed by atoms with Gasteiger partial charge in [-0.15, -0.1) is 0 Å². The van der Waals surface area contributed by atoms with E-state index in [1.807, 2.05) is 52.0 Å². The van der Waals surface area contributed by atoms with Crippen LogP contribution < -0.4 is 0 Å². The highest BCUT2D eigenvalue weighted by Gasteiger charge is 2.22. The van der Waals surface area contributed by atoms with Gasteiger partial charge >= 0.3 is 5.97 Å². The fourth-order valence-corrected chi connectivity index (χ4v) is 1.55. The van der Waals surface area contributed by atoms with Gasteiger partial charge in [-0.3, -0.25) is 4.79 Å². The van der Waals surface area contributed by atoms with E-state index in [-0.39, 0.29) is 18.5 Å². The number of ether oxygens (including phenoxy) is 1. The maximum absolute atomic E-state index is 12.0. The van der Waals surface area contributed by atoms with Gasteiger partial charge in [0.1, 0.15) is 12.2 Å². The molecule has 1 rings (SSSR count). The fraction of sp³-hybridized carbons (Fsp3) is 0.438. The van der Waals surface area contributed by atoms with Crippen molar-refractivity contribution >= 4 is 5.97 Å². The van der Waals surface area contributed by atoms with Crippen LogP contribution in [0.4, 0.5) is 0 Å². The third-order valence-electron chi connectivity index (χ3n) is 2.46. The Morgan fingerprint density at radius 3 is 2.68 bits per heavy atom. The molecule has 1 unspecified atom stereocenters. The van der Waals surface area contributed by atoms with Crippen molar-refractivity contribution in [2.45, 2.75) is 39.2 Å². The predicted octanol–water partition coefficient (Wildman–Crippen LogP) is 2.48. The van der Waals surface area contributed by atoms with Crippen LogP contribution in [-0.4, -0.2) is 23.3 Å². The zero-order chi connectivity index (χ0) is 14.5. The first-order valence-electron chi connectivity index (χ1n) is 6.26. The Morgan fingerprint density at radius 1 is 1.42 bits per heavy atom. The van der Waals surface area contributed by atoms with Gasteiger partial charge in [0, 0.05) is 5.56 Å². The normalized spacial score (nSPS) is 12.3. The average Bonchev–Trinajstić information content (AvgIpc) is 2.33. The first kappa shape index (κ1) is 15.3.